The highest BCUT2D eigenvalue weighted by atomic mass is 16.2. The standard InChI is InChI=1S/C15H28N2O2/c1-14(2,3)12(18)16-11-8-7-9-17(10-11)13(19)15(4,5)6/h11H,7-10H2,1-6H3,(H,16,18). The highest BCUT2D eigenvalue weighted by Crippen LogP contribution is 2.21. The summed E-state index contributed by atoms with van der Waals surface area (Å²) in [5.41, 5.74) is -0.730. The van der Waals surface area contributed by atoms with E-state index in [1.807, 2.05) is 46.4 Å². The molecule has 1 atom stereocenters. The third kappa shape index (κ3) is 4.51. The number of hydrogen-bond donors (Lipinski definition) is 1. The van der Waals surface area contributed by atoms with Crippen LogP contribution in [0.2, 0.25) is 0 Å². The number of amides is 2. The van der Waals surface area contributed by atoms with Crippen LogP contribution in [0, 0.1) is 10.8 Å². The van der Waals surface area contributed by atoms with Gasteiger partial charge in [-0.2, -0.15) is 0 Å². The third-order valence-corrected chi connectivity index (χ3v) is 3.37. The fourth-order valence-electron chi connectivity index (χ4n) is 2.16. The number of likely N-dealkylation sites (tertiary alicyclic amines) is 1. The van der Waals surface area contributed by atoms with Gasteiger partial charge < -0.3 is 10.2 Å². The van der Waals surface area contributed by atoms with E-state index in [0.717, 1.165) is 19.4 Å². The monoisotopic (exact) mass is 268 g/mol. The molecule has 110 valence electrons. The summed E-state index contributed by atoms with van der Waals surface area (Å²) < 4.78 is 0. The molecule has 0 aromatic heterocycles. The molecular formula is C15H28N2O2. The van der Waals surface area contributed by atoms with Gasteiger partial charge in [0.25, 0.3) is 0 Å². The van der Waals surface area contributed by atoms with Crippen molar-refractivity contribution in [3.05, 3.63) is 0 Å². The molecule has 1 rings (SSSR count). The maximum absolute atomic E-state index is 12.3. The number of carbonyl (C=O) groups excluding carboxylic acids is 2. The SMILES string of the molecule is CC(C)(C)C(=O)NC1CCCN(C(=O)C(C)(C)C)C1. The van der Waals surface area contributed by atoms with Gasteiger partial charge in [-0.05, 0) is 12.8 Å². The van der Waals surface area contributed by atoms with Crippen molar-refractivity contribution >= 4 is 11.8 Å². The van der Waals surface area contributed by atoms with Gasteiger partial charge in [-0.15, -0.1) is 0 Å². The Morgan fingerprint density at radius 1 is 1.05 bits per heavy atom. The zero-order chi connectivity index (χ0) is 14.8. The van der Waals surface area contributed by atoms with E-state index in [1.165, 1.54) is 0 Å². The van der Waals surface area contributed by atoms with Crippen molar-refractivity contribution < 1.29 is 9.59 Å². The van der Waals surface area contributed by atoms with Crippen molar-refractivity contribution in [3.63, 3.8) is 0 Å². The van der Waals surface area contributed by atoms with Crippen molar-refractivity contribution in [1.29, 1.82) is 0 Å². The Kier molecular flexibility index (Phi) is 4.64. The van der Waals surface area contributed by atoms with Crippen LogP contribution in [0.4, 0.5) is 0 Å². The minimum atomic E-state index is -0.379. The lowest BCUT2D eigenvalue weighted by atomic mass is 9.92. The highest BCUT2D eigenvalue weighted by Gasteiger charge is 2.32. The molecule has 0 aliphatic carbocycles. The molecule has 1 saturated heterocycles. The highest BCUT2D eigenvalue weighted by molar-refractivity contribution is 5.83. The first kappa shape index (κ1) is 16.0. The molecule has 1 N–H and O–H groups in total. The van der Waals surface area contributed by atoms with E-state index in [-0.39, 0.29) is 28.7 Å². The van der Waals surface area contributed by atoms with E-state index >= 15 is 0 Å². The predicted molar refractivity (Wildman–Crippen MR) is 76.7 cm³/mol. The summed E-state index contributed by atoms with van der Waals surface area (Å²) in [4.78, 5) is 26.1. The second-order valence-corrected chi connectivity index (χ2v) is 7.56. The number of hydrogen-bond acceptors (Lipinski definition) is 2. The number of nitrogens with zero attached hydrogens (tertiary/aromatic N) is 1. The van der Waals surface area contributed by atoms with E-state index in [9.17, 15) is 9.59 Å². The maximum Gasteiger partial charge on any atom is 0.228 e. The Morgan fingerprint density at radius 2 is 1.63 bits per heavy atom. The lowest BCUT2D eigenvalue weighted by Crippen LogP contribution is -2.53. The average Bonchev–Trinajstić information content (AvgIpc) is 2.26. The van der Waals surface area contributed by atoms with Gasteiger partial charge in [0.15, 0.2) is 0 Å². The first-order valence-electron chi connectivity index (χ1n) is 7.12. The van der Waals surface area contributed by atoms with Gasteiger partial charge in [-0.25, -0.2) is 0 Å². The topological polar surface area (TPSA) is 49.4 Å². The molecule has 0 aromatic rings. The molecule has 1 unspecified atom stereocenters. The van der Waals surface area contributed by atoms with Crippen LogP contribution in [-0.4, -0.2) is 35.8 Å². The molecule has 0 spiro atoms. The van der Waals surface area contributed by atoms with Gasteiger partial charge in [0.05, 0.1) is 0 Å². The molecule has 1 aliphatic heterocycles. The summed E-state index contributed by atoms with van der Waals surface area (Å²) in [6, 6.07) is 0.0896. The zero-order valence-electron chi connectivity index (χ0n) is 13.2. The van der Waals surface area contributed by atoms with Crippen LogP contribution in [0.25, 0.3) is 0 Å². The van der Waals surface area contributed by atoms with E-state index in [1.54, 1.807) is 0 Å². The van der Waals surface area contributed by atoms with Crippen LogP contribution in [-0.2, 0) is 9.59 Å². The van der Waals surface area contributed by atoms with Crippen LogP contribution in [0.1, 0.15) is 54.4 Å². The summed E-state index contributed by atoms with van der Waals surface area (Å²) in [5.74, 6) is 0.227. The molecule has 4 heteroatoms. The number of nitrogens with one attached hydrogen (secondary N) is 1. The van der Waals surface area contributed by atoms with Gasteiger partial charge in [-0.1, -0.05) is 41.5 Å². The number of piperidine rings is 1. The van der Waals surface area contributed by atoms with E-state index in [2.05, 4.69) is 5.32 Å². The summed E-state index contributed by atoms with van der Waals surface area (Å²) in [7, 11) is 0. The molecule has 1 heterocycles. The normalized spacial score (nSPS) is 21.2. The van der Waals surface area contributed by atoms with Crippen molar-refractivity contribution in [1.82, 2.24) is 10.2 Å². The second kappa shape index (κ2) is 5.51. The lowest BCUT2D eigenvalue weighted by Gasteiger charge is -2.37. The van der Waals surface area contributed by atoms with Crippen molar-refractivity contribution in [2.24, 2.45) is 10.8 Å². The molecule has 2 amide bonds. The van der Waals surface area contributed by atoms with Crippen LogP contribution >= 0.6 is 0 Å². The van der Waals surface area contributed by atoms with Gasteiger partial charge in [0, 0.05) is 30.0 Å². The van der Waals surface area contributed by atoms with E-state index in [4.69, 9.17) is 0 Å². The molecular weight excluding hydrogens is 240 g/mol. The Bertz CT molecular complexity index is 350. The minimum absolute atomic E-state index is 0.0579. The summed E-state index contributed by atoms with van der Waals surface area (Å²) in [6.45, 7) is 13.0. The quantitative estimate of drug-likeness (QED) is 0.792. The molecule has 4 nitrogen and oxygen atoms in total. The summed E-state index contributed by atoms with van der Waals surface area (Å²) >= 11 is 0. The number of rotatable bonds is 1. The molecule has 1 fully saturated rings. The summed E-state index contributed by atoms with van der Waals surface area (Å²) in [5, 5.41) is 3.06. The third-order valence-electron chi connectivity index (χ3n) is 3.37. The second-order valence-electron chi connectivity index (χ2n) is 7.56. The van der Waals surface area contributed by atoms with Crippen LogP contribution in [0.3, 0.4) is 0 Å². The maximum atomic E-state index is 12.3. The van der Waals surface area contributed by atoms with Crippen LogP contribution in [0.5, 0.6) is 0 Å². The van der Waals surface area contributed by atoms with Crippen LogP contribution < -0.4 is 5.32 Å². The molecule has 0 radical (unpaired) electrons. The van der Waals surface area contributed by atoms with Crippen LogP contribution in [0.15, 0.2) is 0 Å². The molecule has 19 heavy (non-hydrogen) atoms. The predicted octanol–water partition coefficient (Wildman–Crippen LogP) is 2.19. The fourth-order valence-corrected chi connectivity index (χ4v) is 2.16. The first-order chi connectivity index (χ1) is 8.51. The van der Waals surface area contributed by atoms with E-state index in [0.29, 0.717) is 6.54 Å². The van der Waals surface area contributed by atoms with Crippen molar-refractivity contribution in [2.45, 2.75) is 60.4 Å². The molecule has 0 aromatic carbocycles. The van der Waals surface area contributed by atoms with Gasteiger partial charge in [0.1, 0.15) is 0 Å². The fraction of sp³-hybridized carbons (Fsp3) is 0.867. The first-order valence-corrected chi connectivity index (χ1v) is 7.12. The van der Waals surface area contributed by atoms with Crippen molar-refractivity contribution in [3.8, 4) is 0 Å². The van der Waals surface area contributed by atoms with Gasteiger partial charge in [0.2, 0.25) is 11.8 Å². The Labute approximate surface area is 116 Å². The Morgan fingerprint density at radius 3 is 2.11 bits per heavy atom. The minimum Gasteiger partial charge on any atom is -0.351 e. The largest absolute Gasteiger partial charge is 0.351 e. The van der Waals surface area contributed by atoms with Gasteiger partial charge >= 0.3 is 0 Å². The van der Waals surface area contributed by atoms with E-state index < -0.39 is 0 Å². The van der Waals surface area contributed by atoms with Gasteiger partial charge in [-0.3, -0.25) is 9.59 Å². The zero-order valence-corrected chi connectivity index (χ0v) is 13.2. The Balaban J connectivity index is 2.61. The Hall–Kier alpha value is -1.06. The lowest BCUT2D eigenvalue weighted by molar-refractivity contribution is -0.141. The molecule has 0 saturated carbocycles. The average molecular weight is 268 g/mol. The summed E-state index contributed by atoms with van der Waals surface area (Å²) in [6.07, 6.45) is 1.91. The van der Waals surface area contributed by atoms with Crippen molar-refractivity contribution in [2.75, 3.05) is 13.1 Å². The molecule has 1 aliphatic rings. The number of carbonyl (C=O) groups is 2. The molecule has 0 bridgehead atoms. The smallest absolute Gasteiger partial charge is 0.228 e.